The van der Waals surface area contributed by atoms with E-state index in [0.29, 0.717) is 42.3 Å². The Morgan fingerprint density at radius 2 is 1.54 bits per heavy atom. The number of anilines is 4. The highest BCUT2D eigenvalue weighted by Gasteiger charge is 2.49. The molecule has 2 aliphatic carbocycles. The molecule has 6 aliphatic rings. The monoisotopic (exact) mass is 879 g/mol. The third-order valence-electron chi connectivity index (χ3n) is 14.8. The predicted octanol–water partition coefficient (Wildman–Crippen LogP) is 4.74. The molecule has 11 rings (SSSR count). The molecule has 3 N–H and O–H groups in total. The maximum Gasteiger partial charge on any atom is 0.262 e. The molecular weight excluding hydrogens is 830 g/mol. The van der Waals surface area contributed by atoms with Crippen molar-refractivity contribution in [1.82, 2.24) is 40.0 Å². The lowest BCUT2D eigenvalue weighted by molar-refractivity contribution is -0.136. The number of aromatic nitrogens is 4. The van der Waals surface area contributed by atoms with Gasteiger partial charge >= 0.3 is 0 Å². The number of benzene rings is 3. The largest absolute Gasteiger partial charge is 0.371 e. The molecule has 0 bridgehead atoms. The Labute approximate surface area is 374 Å². The van der Waals surface area contributed by atoms with Gasteiger partial charge in [-0.25, -0.2) is 19.3 Å². The van der Waals surface area contributed by atoms with E-state index in [0.717, 1.165) is 92.6 Å². The van der Waals surface area contributed by atoms with Crippen LogP contribution < -0.4 is 25.8 Å². The summed E-state index contributed by atoms with van der Waals surface area (Å²) in [4.78, 5) is 84.8. The maximum atomic E-state index is 15.5. The van der Waals surface area contributed by atoms with Gasteiger partial charge in [0.25, 0.3) is 11.8 Å². The number of fused-ring (bicyclic) bond motifs is 2. The molecule has 1 atom stereocenters. The van der Waals surface area contributed by atoms with Gasteiger partial charge in [-0.1, -0.05) is 30.3 Å². The van der Waals surface area contributed by atoms with Crippen LogP contribution in [0, 0.1) is 11.2 Å². The number of hydrogen-bond donors (Lipinski definition) is 3. The lowest BCUT2D eigenvalue weighted by Gasteiger charge is -2.56. The predicted molar refractivity (Wildman–Crippen MR) is 239 cm³/mol. The van der Waals surface area contributed by atoms with Crippen molar-refractivity contribution in [2.45, 2.75) is 82.0 Å². The van der Waals surface area contributed by atoms with E-state index in [1.54, 1.807) is 6.33 Å². The summed E-state index contributed by atoms with van der Waals surface area (Å²) in [6.07, 6.45) is 10.1. The third-order valence-corrected chi connectivity index (χ3v) is 14.8. The minimum atomic E-state index is -1.09. The number of hydrogen-bond acceptors (Lipinski definition) is 12. The van der Waals surface area contributed by atoms with Crippen molar-refractivity contribution in [3.05, 3.63) is 102 Å². The van der Waals surface area contributed by atoms with Crippen LogP contribution in [-0.2, 0) is 20.8 Å². The number of carbonyl (C=O) groups is 5. The molecule has 16 nitrogen and oxygen atoms in total. The number of amides is 5. The Bertz CT molecular complexity index is 2700. The molecule has 65 heavy (non-hydrogen) atoms. The molecule has 0 radical (unpaired) electrons. The highest BCUT2D eigenvalue weighted by atomic mass is 19.1. The molecule has 5 amide bonds. The quantitative estimate of drug-likeness (QED) is 0.165. The molecule has 3 aromatic carbocycles. The van der Waals surface area contributed by atoms with Crippen molar-refractivity contribution in [2.24, 2.45) is 5.41 Å². The van der Waals surface area contributed by atoms with E-state index in [-0.39, 0.29) is 47.6 Å². The van der Waals surface area contributed by atoms with Gasteiger partial charge in [-0.2, -0.15) is 0 Å². The molecule has 2 aromatic heterocycles. The van der Waals surface area contributed by atoms with Gasteiger partial charge in [0.05, 0.1) is 29.6 Å². The number of carbonyl (C=O) groups excluding carboxylic acids is 5. The van der Waals surface area contributed by atoms with Crippen LogP contribution in [0.5, 0.6) is 0 Å². The molecule has 5 aromatic rings. The first-order valence-corrected chi connectivity index (χ1v) is 22.7. The molecule has 2 saturated carbocycles. The first-order chi connectivity index (χ1) is 31.6. The van der Waals surface area contributed by atoms with Gasteiger partial charge < -0.3 is 25.0 Å². The highest BCUT2D eigenvalue weighted by molar-refractivity contribution is 6.23. The molecule has 6 heterocycles. The molecule has 334 valence electrons. The standard InChI is InChI=1S/C48H50FN11O5/c49-37-23-35-36(47(65)60(46(35)64)38-10-11-40(61)55-45(38)63)24-39(37)58-18-16-57(17-19-58)34-25-48(26-34)12-14-56(15-13-48)32-8-6-30(7-9-32)54-43-42-44(51-27-50-43)59(28-52-42)33-21-31(22-33)53-41(62)20-29-4-2-1-3-5-29/h1-9,23-24,27-28,31,33-34,38H,10-22,25-26H2,(H,53,62)(H,50,51,54)(H,55,61,63). The molecular formula is C48H50FN11O5. The average molecular weight is 880 g/mol. The Morgan fingerprint density at radius 3 is 2.26 bits per heavy atom. The maximum absolute atomic E-state index is 15.5. The zero-order chi connectivity index (χ0) is 44.4. The number of piperazine rings is 1. The van der Waals surface area contributed by atoms with Gasteiger partial charge in [-0.15, -0.1) is 0 Å². The number of imide groups is 2. The second kappa shape index (κ2) is 16.4. The smallest absolute Gasteiger partial charge is 0.262 e. The summed E-state index contributed by atoms with van der Waals surface area (Å²) in [6.45, 7) is 4.74. The summed E-state index contributed by atoms with van der Waals surface area (Å²) in [5.74, 6) is -2.35. The summed E-state index contributed by atoms with van der Waals surface area (Å²) in [6, 6.07) is 20.6. The SMILES string of the molecule is O=C1CCC(N2C(=O)c3cc(F)c(N4CCN(C5CC6(CCN(c7ccc(Nc8ncnc9c8ncn9C8CC(NC(=O)Cc9ccccc9)C8)cc7)CC6)C5)CC4)cc3C2=O)C(=O)N1. The van der Waals surface area contributed by atoms with E-state index in [4.69, 9.17) is 0 Å². The second-order valence-electron chi connectivity index (χ2n) is 18.6. The Balaban J connectivity index is 0.641. The van der Waals surface area contributed by atoms with E-state index >= 15 is 4.39 Å². The fraction of sp³-hybridized carbons (Fsp3) is 0.417. The van der Waals surface area contributed by atoms with E-state index < -0.39 is 35.5 Å². The van der Waals surface area contributed by atoms with Crippen LogP contribution in [0.3, 0.4) is 0 Å². The van der Waals surface area contributed by atoms with E-state index in [2.05, 4.69) is 69.5 Å². The molecule has 4 aliphatic heterocycles. The Hall–Kier alpha value is -6.75. The van der Waals surface area contributed by atoms with Gasteiger partial charge in [0.15, 0.2) is 17.0 Å². The van der Waals surface area contributed by atoms with Gasteiger partial charge in [0.1, 0.15) is 18.2 Å². The molecule has 3 saturated heterocycles. The average Bonchev–Trinajstić information content (AvgIpc) is 3.82. The lowest BCUT2D eigenvalue weighted by Crippen LogP contribution is -2.59. The molecule has 1 spiro atoms. The minimum absolute atomic E-state index is 0.0249. The number of imidazole rings is 1. The van der Waals surface area contributed by atoms with Crippen LogP contribution in [0.1, 0.15) is 83.7 Å². The first-order valence-electron chi connectivity index (χ1n) is 22.7. The van der Waals surface area contributed by atoms with Crippen molar-refractivity contribution in [2.75, 3.05) is 54.4 Å². The summed E-state index contributed by atoms with van der Waals surface area (Å²) in [5, 5.41) is 8.82. The van der Waals surface area contributed by atoms with Crippen LogP contribution in [0.2, 0.25) is 0 Å². The fourth-order valence-corrected chi connectivity index (χ4v) is 11.0. The van der Waals surface area contributed by atoms with Gasteiger partial charge in [-0.05, 0) is 92.3 Å². The van der Waals surface area contributed by atoms with Crippen LogP contribution in [0.4, 0.5) is 27.3 Å². The number of nitrogens with zero attached hydrogens (tertiary/aromatic N) is 8. The van der Waals surface area contributed by atoms with Crippen molar-refractivity contribution >= 4 is 63.6 Å². The van der Waals surface area contributed by atoms with Crippen molar-refractivity contribution < 1.29 is 28.4 Å². The zero-order valence-corrected chi connectivity index (χ0v) is 35.9. The number of rotatable bonds is 10. The number of halogens is 1. The topological polar surface area (TPSA) is 178 Å². The minimum Gasteiger partial charge on any atom is -0.371 e. The van der Waals surface area contributed by atoms with Gasteiger partial charge in [0, 0.05) is 75.2 Å². The van der Waals surface area contributed by atoms with Gasteiger partial charge in [-0.3, -0.25) is 39.1 Å². The van der Waals surface area contributed by atoms with Crippen LogP contribution in [0.25, 0.3) is 11.2 Å². The highest BCUT2D eigenvalue weighted by Crippen LogP contribution is 2.51. The van der Waals surface area contributed by atoms with Crippen molar-refractivity contribution in [1.29, 1.82) is 0 Å². The number of nitrogens with one attached hydrogen (secondary N) is 3. The summed E-state index contributed by atoms with van der Waals surface area (Å²) < 4.78 is 17.6. The Morgan fingerprint density at radius 1 is 0.815 bits per heavy atom. The molecule has 17 heteroatoms. The van der Waals surface area contributed by atoms with Crippen molar-refractivity contribution in [3.8, 4) is 0 Å². The van der Waals surface area contributed by atoms with Crippen LogP contribution in [-0.4, -0.2) is 116 Å². The molecule has 1 unspecified atom stereocenters. The Kier molecular flexibility index (Phi) is 10.3. The van der Waals surface area contributed by atoms with E-state index in [1.165, 1.54) is 11.8 Å². The van der Waals surface area contributed by atoms with Gasteiger partial charge in [0.2, 0.25) is 17.7 Å². The van der Waals surface area contributed by atoms with Crippen LogP contribution >= 0.6 is 0 Å². The first kappa shape index (κ1) is 41.0. The molecule has 5 fully saturated rings. The summed E-state index contributed by atoms with van der Waals surface area (Å²) >= 11 is 0. The van der Waals surface area contributed by atoms with Crippen LogP contribution in [0.15, 0.2) is 79.4 Å². The zero-order valence-electron chi connectivity index (χ0n) is 35.9. The normalized spacial score (nSPS) is 23.3. The second-order valence-corrected chi connectivity index (χ2v) is 18.6. The fourth-order valence-electron chi connectivity index (χ4n) is 11.0. The lowest BCUT2D eigenvalue weighted by atomic mass is 9.60. The van der Waals surface area contributed by atoms with Crippen molar-refractivity contribution in [3.63, 3.8) is 0 Å². The summed E-state index contributed by atoms with van der Waals surface area (Å²) in [7, 11) is 0. The van der Waals surface area contributed by atoms with E-state index in [9.17, 15) is 24.0 Å². The number of piperidine rings is 2. The summed E-state index contributed by atoms with van der Waals surface area (Å²) in [5.41, 5.74) is 5.27. The third kappa shape index (κ3) is 7.64. The van der Waals surface area contributed by atoms with E-state index in [1.807, 2.05) is 41.6 Å².